The maximum atomic E-state index is 10.7. The molecule has 1 saturated heterocycles. The van der Waals surface area contributed by atoms with E-state index in [1.165, 1.54) is 4.90 Å². The van der Waals surface area contributed by atoms with Crippen LogP contribution in [0, 0.1) is 0 Å². The molecule has 1 aromatic rings. The number of benzene rings is 1. The van der Waals surface area contributed by atoms with Crippen molar-refractivity contribution in [3.63, 3.8) is 0 Å². The van der Waals surface area contributed by atoms with E-state index in [1.807, 2.05) is 12.1 Å². The van der Waals surface area contributed by atoms with Crippen molar-refractivity contribution in [2.75, 3.05) is 18.4 Å². The highest BCUT2D eigenvalue weighted by Gasteiger charge is 2.22. The standard InChI is InChI=1S/C12H16N2O3/c15-11-4-2-1-3-10(11)13-9-5-7-14(8-6-9)12(16)17/h1-4,9,13,15H,5-8H2,(H,16,17). The van der Waals surface area contributed by atoms with Crippen LogP contribution in [0.5, 0.6) is 5.75 Å². The Morgan fingerprint density at radius 2 is 1.94 bits per heavy atom. The number of likely N-dealkylation sites (tertiary alicyclic amines) is 1. The Labute approximate surface area is 99.7 Å². The van der Waals surface area contributed by atoms with Gasteiger partial charge in [0, 0.05) is 19.1 Å². The monoisotopic (exact) mass is 236 g/mol. The van der Waals surface area contributed by atoms with Gasteiger partial charge in [-0.3, -0.25) is 0 Å². The SMILES string of the molecule is O=C(O)N1CCC(Nc2ccccc2O)CC1. The van der Waals surface area contributed by atoms with Crippen LogP contribution >= 0.6 is 0 Å². The number of aromatic hydroxyl groups is 1. The Hall–Kier alpha value is -1.91. The third kappa shape index (κ3) is 2.81. The third-order valence-corrected chi connectivity index (χ3v) is 3.03. The van der Waals surface area contributed by atoms with Crippen LogP contribution in [0.4, 0.5) is 10.5 Å². The van der Waals surface area contributed by atoms with Crippen molar-refractivity contribution >= 4 is 11.8 Å². The molecule has 2 rings (SSSR count). The highest BCUT2D eigenvalue weighted by Crippen LogP contribution is 2.24. The molecule has 0 unspecified atom stereocenters. The summed E-state index contributed by atoms with van der Waals surface area (Å²) in [6, 6.07) is 7.30. The molecule has 1 aromatic carbocycles. The summed E-state index contributed by atoms with van der Waals surface area (Å²) in [7, 11) is 0. The molecule has 0 radical (unpaired) electrons. The molecule has 0 bridgehead atoms. The number of carbonyl (C=O) groups is 1. The van der Waals surface area contributed by atoms with Crippen LogP contribution in [-0.4, -0.2) is 40.3 Å². The van der Waals surface area contributed by atoms with Crippen molar-refractivity contribution in [1.29, 1.82) is 0 Å². The summed E-state index contributed by atoms with van der Waals surface area (Å²) in [5.41, 5.74) is 0.710. The maximum Gasteiger partial charge on any atom is 0.407 e. The van der Waals surface area contributed by atoms with Crippen molar-refractivity contribution in [3.05, 3.63) is 24.3 Å². The van der Waals surface area contributed by atoms with Crippen LogP contribution in [0.2, 0.25) is 0 Å². The number of carboxylic acid groups (broad SMARTS) is 1. The first-order valence-electron chi connectivity index (χ1n) is 5.69. The number of nitrogens with zero attached hydrogens (tertiary/aromatic N) is 1. The first-order valence-corrected chi connectivity index (χ1v) is 5.69. The second kappa shape index (κ2) is 4.95. The normalized spacial score (nSPS) is 16.8. The Morgan fingerprint density at radius 3 is 2.53 bits per heavy atom. The van der Waals surface area contributed by atoms with E-state index in [0.29, 0.717) is 18.8 Å². The van der Waals surface area contributed by atoms with Gasteiger partial charge in [0.05, 0.1) is 5.69 Å². The predicted molar refractivity (Wildman–Crippen MR) is 64.3 cm³/mol. The Kier molecular flexibility index (Phi) is 3.37. The zero-order valence-corrected chi connectivity index (χ0v) is 9.47. The van der Waals surface area contributed by atoms with E-state index in [9.17, 15) is 9.90 Å². The van der Waals surface area contributed by atoms with E-state index >= 15 is 0 Å². The summed E-state index contributed by atoms with van der Waals surface area (Å²) < 4.78 is 0. The first-order chi connectivity index (χ1) is 8.16. The topological polar surface area (TPSA) is 72.8 Å². The lowest BCUT2D eigenvalue weighted by Gasteiger charge is -2.31. The lowest BCUT2D eigenvalue weighted by Crippen LogP contribution is -2.41. The van der Waals surface area contributed by atoms with E-state index < -0.39 is 6.09 Å². The minimum atomic E-state index is -0.856. The smallest absolute Gasteiger partial charge is 0.407 e. The molecule has 0 aliphatic carbocycles. The molecule has 0 spiro atoms. The number of phenolic OH excluding ortho intramolecular Hbond substituents is 1. The summed E-state index contributed by atoms with van der Waals surface area (Å²) in [6.07, 6.45) is 0.673. The largest absolute Gasteiger partial charge is 0.506 e. The van der Waals surface area contributed by atoms with Crippen molar-refractivity contribution in [2.24, 2.45) is 0 Å². The van der Waals surface area contributed by atoms with Crippen LogP contribution < -0.4 is 5.32 Å². The third-order valence-electron chi connectivity index (χ3n) is 3.03. The molecule has 5 nitrogen and oxygen atoms in total. The van der Waals surface area contributed by atoms with Gasteiger partial charge in [0.15, 0.2) is 0 Å². The zero-order chi connectivity index (χ0) is 12.3. The van der Waals surface area contributed by atoms with Gasteiger partial charge in [0.1, 0.15) is 5.75 Å². The number of amides is 1. The van der Waals surface area contributed by atoms with Crippen LogP contribution in [0.1, 0.15) is 12.8 Å². The van der Waals surface area contributed by atoms with Gasteiger partial charge < -0.3 is 20.4 Å². The molecule has 92 valence electrons. The highest BCUT2D eigenvalue weighted by atomic mass is 16.4. The van der Waals surface area contributed by atoms with Crippen LogP contribution in [0.25, 0.3) is 0 Å². The number of rotatable bonds is 2. The van der Waals surface area contributed by atoms with Crippen LogP contribution in [0.15, 0.2) is 24.3 Å². The number of piperidine rings is 1. The summed E-state index contributed by atoms with van der Waals surface area (Å²) in [5.74, 6) is 0.230. The molecular weight excluding hydrogens is 220 g/mol. The molecule has 1 aliphatic heterocycles. The Bertz CT molecular complexity index is 400. The molecule has 0 aromatic heterocycles. The van der Waals surface area contributed by atoms with Gasteiger partial charge >= 0.3 is 6.09 Å². The predicted octanol–water partition coefficient (Wildman–Crippen LogP) is 1.95. The van der Waals surface area contributed by atoms with Gasteiger partial charge in [0.2, 0.25) is 0 Å². The van der Waals surface area contributed by atoms with Crippen molar-refractivity contribution in [2.45, 2.75) is 18.9 Å². The summed E-state index contributed by atoms with van der Waals surface area (Å²) in [6.45, 7) is 1.08. The summed E-state index contributed by atoms with van der Waals surface area (Å²) in [5, 5.41) is 21.7. The highest BCUT2D eigenvalue weighted by molar-refractivity contribution is 5.65. The Morgan fingerprint density at radius 1 is 1.29 bits per heavy atom. The van der Waals surface area contributed by atoms with Gasteiger partial charge in [-0.15, -0.1) is 0 Å². The second-order valence-corrected chi connectivity index (χ2v) is 4.21. The van der Waals surface area contributed by atoms with Gasteiger partial charge in [-0.1, -0.05) is 12.1 Å². The minimum Gasteiger partial charge on any atom is -0.506 e. The molecule has 0 saturated carbocycles. The van der Waals surface area contributed by atoms with Gasteiger partial charge in [-0.05, 0) is 25.0 Å². The van der Waals surface area contributed by atoms with E-state index in [2.05, 4.69) is 5.32 Å². The molecule has 17 heavy (non-hydrogen) atoms. The molecule has 1 heterocycles. The fourth-order valence-corrected chi connectivity index (χ4v) is 2.03. The fourth-order valence-electron chi connectivity index (χ4n) is 2.03. The molecular formula is C12H16N2O3. The summed E-state index contributed by atoms with van der Waals surface area (Å²) in [4.78, 5) is 12.2. The van der Waals surface area contributed by atoms with Crippen molar-refractivity contribution in [1.82, 2.24) is 4.90 Å². The molecule has 5 heteroatoms. The zero-order valence-electron chi connectivity index (χ0n) is 9.47. The van der Waals surface area contributed by atoms with Crippen LogP contribution in [-0.2, 0) is 0 Å². The van der Waals surface area contributed by atoms with E-state index in [1.54, 1.807) is 12.1 Å². The molecule has 1 fully saturated rings. The maximum absolute atomic E-state index is 10.7. The van der Waals surface area contributed by atoms with Gasteiger partial charge in [-0.25, -0.2) is 4.79 Å². The quantitative estimate of drug-likeness (QED) is 0.686. The van der Waals surface area contributed by atoms with Gasteiger partial charge in [-0.2, -0.15) is 0 Å². The van der Waals surface area contributed by atoms with Gasteiger partial charge in [0.25, 0.3) is 0 Å². The molecule has 1 amide bonds. The van der Waals surface area contributed by atoms with Crippen LogP contribution in [0.3, 0.4) is 0 Å². The van der Waals surface area contributed by atoms with Crippen molar-refractivity contribution < 1.29 is 15.0 Å². The molecule has 1 aliphatic rings. The number of para-hydroxylation sites is 2. The number of nitrogens with one attached hydrogen (secondary N) is 1. The average Bonchev–Trinajstić information content (AvgIpc) is 2.33. The van der Waals surface area contributed by atoms with E-state index in [-0.39, 0.29) is 11.8 Å². The molecule has 3 N–H and O–H groups in total. The van der Waals surface area contributed by atoms with E-state index in [0.717, 1.165) is 12.8 Å². The second-order valence-electron chi connectivity index (χ2n) is 4.21. The lowest BCUT2D eigenvalue weighted by atomic mass is 10.0. The van der Waals surface area contributed by atoms with Crippen molar-refractivity contribution in [3.8, 4) is 5.75 Å². The number of hydrogen-bond donors (Lipinski definition) is 3. The minimum absolute atomic E-state index is 0.221. The Balaban J connectivity index is 1.90. The molecule has 0 atom stereocenters. The number of anilines is 1. The average molecular weight is 236 g/mol. The number of phenols is 1. The first kappa shape index (κ1) is 11.6. The van der Waals surface area contributed by atoms with E-state index in [4.69, 9.17) is 5.11 Å². The fraction of sp³-hybridized carbons (Fsp3) is 0.417. The summed E-state index contributed by atoms with van der Waals surface area (Å²) >= 11 is 0. The number of hydrogen-bond acceptors (Lipinski definition) is 3. The lowest BCUT2D eigenvalue weighted by molar-refractivity contribution is 0.133.